The van der Waals surface area contributed by atoms with Crippen LogP contribution in [0.2, 0.25) is 10.0 Å². The van der Waals surface area contributed by atoms with Crippen molar-refractivity contribution >= 4 is 29.1 Å². The fourth-order valence-corrected chi connectivity index (χ4v) is 2.60. The Kier molecular flexibility index (Phi) is 5.07. The molecule has 0 unspecified atom stereocenters. The van der Waals surface area contributed by atoms with Crippen LogP contribution in [0.15, 0.2) is 22.7 Å². The van der Waals surface area contributed by atoms with E-state index in [1.807, 2.05) is 6.92 Å². The minimum atomic E-state index is -0.253. The van der Waals surface area contributed by atoms with Gasteiger partial charge >= 0.3 is 0 Å². The van der Waals surface area contributed by atoms with Gasteiger partial charge in [0.1, 0.15) is 17.0 Å². The van der Waals surface area contributed by atoms with Crippen LogP contribution in [-0.2, 0) is 0 Å². The number of amides is 1. The first-order valence-corrected chi connectivity index (χ1v) is 8.10. The first-order chi connectivity index (χ1) is 10.6. The maximum absolute atomic E-state index is 12.7. The summed E-state index contributed by atoms with van der Waals surface area (Å²) in [5.41, 5.74) is 1.15. The molecule has 0 radical (unpaired) electrons. The molecule has 1 aromatic heterocycles. The number of carbonyl (C=O) groups is 1. The number of nitrogens with one attached hydrogen (secondary N) is 1. The van der Waals surface area contributed by atoms with Crippen LogP contribution >= 0.6 is 23.2 Å². The fraction of sp³-hybridized carbons (Fsp3) is 0.412. The number of nitrogens with zero attached hydrogens (tertiary/aromatic N) is 1. The lowest BCUT2D eigenvalue weighted by molar-refractivity contribution is 0.0909. The summed E-state index contributed by atoms with van der Waals surface area (Å²) in [5.74, 6) is 0.173. The lowest BCUT2D eigenvalue weighted by atomic mass is 9.88. The van der Waals surface area contributed by atoms with E-state index in [2.05, 4.69) is 31.2 Å². The molecule has 0 saturated carbocycles. The van der Waals surface area contributed by atoms with Gasteiger partial charge in [-0.05, 0) is 31.4 Å². The number of benzene rings is 1. The highest BCUT2D eigenvalue weighted by Crippen LogP contribution is 2.36. The van der Waals surface area contributed by atoms with E-state index in [0.29, 0.717) is 32.6 Å². The average Bonchev–Trinajstić information content (AvgIpc) is 2.79. The van der Waals surface area contributed by atoms with Crippen LogP contribution in [0.5, 0.6) is 0 Å². The molecule has 4 nitrogen and oxygen atoms in total. The second-order valence-corrected chi connectivity index (χ2v) is 7.43. The van der Waals surface area contributed by atoms with E-state index in [0.717, 1.165) is 0 Å². The molecule has 2 rings (SSSR count). The van der Waals surface area contributed by atoms with Crippen molar-refractivity contribution in [2.45, 2.75) is 40.7 Å². The second-order valence-electron chi connectivity index (χ2n) is 6.62. The van der Waals surface area contributed by atoms with Gasteiger partial charge in [0.2, 0.25) is 0 Å². The zero-order chi connectivity index (χ0) is 17.4. The standard InChI is InChI=1S/C17H20Cl2N2O2/c1-9-13(16(22)20-10(2)17(3,4)5)15(21-23-9)14-11(18)7-6-8-12(14)19/h6-8,10H,1-5H3,(H,20,22)/t10-/m1/s1. The molecule has 0 fully saturated rings. The highest BCUT2D eigenvalue weighted by Gasteiger charge is 2.28. The molecule has 0 saturated heterocycles. The Morgan fingerprint density at radius 2 is 1.83 bits per heavy atom. The van der Waals surface area contributed by atoms with Crippen LogP contribution in [0.3, 0.4) is 0 Å². The minimum absolute atomic E-state index is 0.0288. The summed E-state index contributed by atoms with van der Waals surface area (Å²) in [6.07, 6.45) is 0. The average molecular weight is 355 g/mol. The van der Waals surface area contributed by atoms with Crippen molar-refractivity contribution in [3.8, 4) is 11.3 Å². The van der Waals surface area contributed by atoms with E-state index in [1.165, 1.54) is 0 Å². The number of hydrogen-bond donors (Lipinski definition) is 1. The quantitative estimate of drug-likeness (QED) is 0.831. The van der Waals surface area contributed by atoms with E-state index >= 15 is 0 Å². The molecule has 0 bridgehead atoms. The van der Waals surface area contributed by atoms with Gasteiger partial charge in [0.15, 0.2) is 0 Å². The summed E-state index contributed by atoms with van der Waals surface area (Å²) < 4.78 is 5.22. The molecule has 1 amide bonds. The van der Waals surface area contributed by atoms with E-state index < -0.39 is 0 Å². The molecule has 2 aromatic rings. The smallest absolute Gasteiger partial charge is 0.257 e. The van der Waals surface area contributed by atoms with Crippen molar-refractivity contribution in [1.29, 1.82) is 0 Å². The molecular weight excluding hydrogens is 335 g/mol. The van der Waals surface area contributed by atoms with E-state index in [-0.39, 0.29) is 17.4 Å². The summed E-state index contributed by atoms with van der Waals surface area (Å²) in [6, 6.07) is 5.11. The predicted molar refractivity (Wildman–Crippen MR) is 93.1 cm³/mol. The van der Waals surface area contributed by atoms with Crippen LogP contribution in [0.25, 0.3) is 11.3 Å². The monoisotopic (exact) mass is 354 g/mol. The number of aryl methyl sites for hydroxylation is 1. The van der Waals surface area contributed by atoms with Crippen molar-refractivity contribution in [2.24, 2.45) is 5.41 Å². The Hall–Kier alpha value is -1.52. The van der Waals surface area contributed by atoms with Gasteiger partial charge in [0.25, 0.3) is 5.91 Å². The van der Waals surface area contributed by atoms with Crippen LogP contribution in [0.1, 0.15) is 43.8 Å². The number of rotatable bonds is 3. The Balaban J connectivity index is 2.46. The van der Waals surface area contributed by atoms with Crippen LogP contribution in [0, 0.1) is 12.3 Å². The van der Waals surface area contributed by atoms with Crippen molar-refractivity contribution < 1.29 is 9.32 Å². The van der Waals surface area contributed by atoms with E-state index in [9.17, 15) is 4.79 Å². The molecule has 0 aliphatic carbocycles. The Morgan fingerprint density at radius 1 is 1.26 bits per heavy atom. The predicted octanol–water partition coefficient (Wildman–Crippen LogP) is 5.12. The summed E-state index contributed by atoms with van der Waals surface area (Å²) in [7, 11) is 0. The zero-order valence-corrected chi connectivity index (χ0v) is 15.3. The van der Waals surface area contributed by atoms with Crippen molar-refractivity contribution in [3.63, 3.8) is 0 Å². The lowest BCUT2D eigenvalue weighted by Gasteiger charge is -2.28. The first-order valence-electron chi connectivity index (χ1n) is 7.34. The van der Waals surface area contributed by atoms with Crippen LogP contribution in [0.4, 0.5) is 0 Å². The number of aromatic nitrogens is 1. The second kappa shape index (κ2) is 6.54. The van der Waals surface area contributed by atoms with E-state index in [1.54, 1.807) is 25.1 Å². The normalized spacial score (nSPS) is 13.0. The number of halogens is 2. The molecule has 0 aliphatic rings. The third kappa shape index (κ3) is 3.70. The van der Waals surface area contributed by atoms with Gasteiger partial charge < -0.3 is 9.84 Å². The molecule has 1 atom stereocenters. The molecule has 1 aromatic carbocycles. The van der Waals surface area contributed by atoms with Crippen molar-refractivity contribution in [3.05, 3.63) is 39.6 Å². The maximum atomic E-state index is 12.7. The van der Waals surface area contributed by atoms with Gasteiger partial charge in [0, 0.05) is 11.6 Å². The molecular formula is C17H20Cl2N2O2. The largest absolute Gasteiger partial charge is 0.360 e. The highest BCUT2D eigenvalue weighted by atomic mass is 35.5. The molecule has 1 heterocycles. The third-order valence-electron chi connectivity index (χ3n) is 3.94. The summed E-state index contributed by atoms with van der Waals surface area (Å²) >= 11 is 12.5. The molecule has 0 spiro atoms. The SMILES string of the molecule is Cc1onc(-c2c(Cl)cccc2Cl)c1C(=O)N[C@H](C)C(C)(C)C. The van der Waals surface area contributed by atoms with Gasteiger partial charge in [-0.15, -0.1) is 0 Å². The third-order valence-corrected chi connectivity index (χ3v) is 4.57. The molecule has 23 heavy (non-hydrogen) atoms. The van der Waals surface area contributed by atoms with Crippen molar-refractivity contribution in [1.82, 2.24) is 10.5 Å². The summed E-state index contributed by atoms with van der Waals surface area (Å²) in [6.45, 7) is 9.83. The summed E-state index contributed by atoms with van der Waals surface area (Å²) in [5, 5.41) is 7.82. The lowest BCUT2D eigenvalue weighted by Crippen LogP contribution is -2.41. The van der Waals surface area contributed by atoms with Gasteiger partial charge in [0.05, 0.1) is 10.0 Å². The minimum Gasteiger partial charge on any atom is -0.360 e. The van der Waals surface area contributed by atoms with Crippen LogP contribution < -0.4 is 5.32 Å². The molecule has 124 valence electrons. The maximum Gasteiger partial charge on any atom is 0.257 e. The van der Waals surface area contributed by atoms with Gasteiger partial charge in [-0.2, -0.15) is 0 Å². The van der Waals surface area contributed by atoms with Gasteiger partial charge in [-0.25, -0.2) is 0 Å². The molecule has 6 heteroatoms. The number of carbonyl (C=O) groups excluding carboxylic acids is 1. The topological polar surface area (TPSA) is 55.1 Å². The zero-order valence-electron chi connectivity index (χ0n) is 13.8. The Labute approximate surface area is 146 Å². The molecule has 1 N–H and O–H groups in total. The van der Waals surface area contributed by atoms with Gasteiger partial charge in [-0.1, -0.05) is 55.2 Å². The number of hydrogen-bond acceptors (Lipinski definition) is 3. The molecule has 0 aliphatic heterocycles. The van der Waals surface area contributed by atoms with E-state index in [4.69, 9.17) is 27.7 Å². The first kappa shape index (κ1) is 17.8. The highest BCUT2D eigenvalue weighted by molar-refractivity contribution is 6.39. The summed E-state index contributed by atoms with van der Waals surface area (Å²) in [4.78, 5) is 12.7. The van der Waals surface area contributed by atoms with Crippen molar-refractivity contribution in [2.75, 3.05) is 0 Å². The van der Waals surface area contributed by atoms with Gasteiger partial charge in [-0.3, -0.25) is 4.79 Å². The van der Waals surface area contributed by atoms with Crippen LogP contribution in [-0.4, -0.2) is 17.1 Å². The fourth-order valence-electron chi connectivity index (χ4n) is 2.02. The Bertz CT molecular complexity index is 712. The Morgan fingerprint density at radius 3 is 2.35 bits per heavy atom.